The van der Waals surface area contributed by atoms with Gasteiger partial charge in [0, 0.05) is 15.0 Å². The number of rotatable bonds is 1. The first-order chi connectivity index (χ1) is 6.24. The quantitative estimate of drug-likeness (QED) is 0.574. The number of phenolic OH excluding ortho intramolecular Hbond substituents is 1. The molecule has 0 saturated heterocycles. The summed E-state index contributed by atoms with van der Waals surface area (Å²) in [5.41, 5.74) is 0. The minimum atomic E-state index is 0.358. The normalized spacial score (nSPS) is 10.9. The van der Waals surface area contributed by atoms with Gasteiger partial charge in [0.1, 0.15) is 5.75 Å². The van der Waals surface area contributed by atoms with Crippen LogP contribution >= 0.6 is 35.7 Å². The maximum absolute atomic E-state index is 9.86. The lowest BCUT2D eigenvalue weighted by molar-refractivity contribution is 0.466. The first-order valence-electron chi connectivity index (χ1n) is 3.70. The molecule has 13 heavy (non-hydrogen) atoms. The number of phenols is 1. The number of hydrogen-bond acceptors (Lipinski definition) is 4. The number of fused-ring (bicyclic) bond motifs is 1. The van der Waals surface area contributed by atoms with E-state index in [-0.39, 0.29) is 0 Å². The highest BCUT2D eigenvalue weighted by Crippen LogP contribution is 2.40. The van der Waals surface area contributed by atoms with Gasteiger partial charge in [-0.25, -0.2) is 0 Å². The standard InChI is InChI=1S/C9H8OS3/c1-12-9-6(11)4-7-5(8(9)10)2-3-13-7/h2-4,10-11H,1H3. The van der Waals surface area contributed by atoms with Gasteiger partial charge in [0.05, 0.1) is 4.90 Å². The fourth-order valence-electron chi connectivity index (χ4n) is 1.26. The zero-order valence-electron chi connectivity index (χ0n) is 6.94. The molecule has 4 heteroatoms. The van der Waals surface area contributed by atoms with Gasteiger partial charge >= 0.3 is 0 Å². The van der Waals surface area contributed by atoms with Gasteiger partial charge in [0.15, 0.2) is 0 Å². The van der Waals surface area contributed by atoms with Crippen LogP contribution in [0.3, 0.4) is 0 Å². The van der Waals surface area contributed by atoms with Crippen molar-refractivity contribution in [2.45, 2.75) is 9.79 Å². The SMILES string of the molecule is CSc1c(S)cc2sccc2c1O. The first-order valence-corrected chi connectivity index (χ1v) is 6.25. The van der Waals surface area contributed by atoms with Crippen LogP contribution in [0.4, 0.5) is 0 Å². The predicted octanol–water partition coefficient (Wildman–Crippen LogP) is 3.62. The Morgan fingerprint density at radius 1 is 1.54 bits per heavy atom. The van der Waals surface area contributed by atoms with Gasteiger partial charge in [-0.2, -0.15) is 0 Å². The smallest absolute Gasteiger partial charge is 0.138 e. The van der Waals surface area contributed by atoms with Crippen molar-refractivity contribution in [3.63, 3.8) is 0 Å². The lowest BCUT2D eigenvalue weighted by atomic mass is 10.2. The van der Waals surface area contributed by atoms with Gasteiger partial charge in [0.2, 0.25) is 0 Å². The summed E-state index contributed by atoms with van der Waals surface area (Å²) in [5.74, 6) is 0.358. The van der Waals surface area contributed by atoms with Gasteiger partial charge < -0.3 is 5.11 Å². The summed E-state index contributed by atoms with van der Waals surface area (Å²) < 4.78 is 1.08. The third-order valence-electron chi connectivity index (χ3n) is 1.87. The van der Waals surface area contributed by atoms with E-state index in [0.29, 0.717) is 5.75 Å². The van der Waals surface area contributed by atoms with E-state index in [4.69, 9.17) is 0 Å². The summed E-state index contributed by atoms with van der Waals surface area (Å²) in [7, 11) is 0. The third kappa shape index (κ3) is 1.43. The highest BCUT2D eigenvalue weighted by atomic mass is 32.2. The minimum absolute atomic E-state index is 0.358. The van der Waals surface area contributed by atoms with E-state index in [2.05, 4.69) is 12.6 Å². The number of thiol groups is 1. The van der Waals surface area contributed by atoms with Crippen LogP contribution in [-0.4, -0.2) is 11.4 Å². The lowest BCUT2D eigenvalue weighted by Gasteiger charge is -2.05. The molecular formula is C9H8OS3. The van der Waals surface area contributed by atoms with E-state index >= 15 is 0 Å². The summed E-state index contributed by atoms with van der Waals surface area (Å²) in [6.07, 6.45) is 1.94. The summed E-state index contributed by atoms with van der Waals surface area (Å²) in [6.45, 7) is 0. The van der Waals surface area contributed by atoms with Crippen LogP contribution in [-0.2, 0) is 0 Å². The largest absolute Gasteiger partial charge is 0.506 e. The van der Waals surface area contributed by atoms with Crippen molar-refractivity contribution < 1.29 is 5.11 Å². The summed E-state index contributed by atoms with van der Waals surface area (Å²) in [6, 6.07) is 3.93. The first kappa shape index (κ1) is 9.24. The van der Waals surface area contributed by atoms with E-state index in [1.807, 2.05) is 23.8 Å². The van der Waals surface area contributed by atoms with Crippen LogP contribution in [0.1, 0.15) is 0 Å². The van der Waals surface area contributed by atoms with Crippen LogP contribution in [0.25, 0.3) is 10.1 Å². The Balaban J connectivity index is 2.85. The lowest BCUT2D eigenvalue weighted by Crippen LogP contribution is -1.76. The molecule has 0 aliphatic rings. The summed E-state index contributed by atoms with van der Waals surface area (Å²) >= 11 is 7.46. The topological polar surface area (TPSA) is 20.2 Å². The molecule has 0 aliphatic carbocycles. The maximum Gasteiger partial charge on any atom is 0.138 e. The zero-order valence-corrected chi connectivity index (χ0v) is 9.47. The second-order valence-electron chi connectivity index (χ2n) is 2.61. The molecule has 1 aromatic heterocycles. The van der Waals surface area contributed by atoms with Gasteiger partial charge in [-0.1, -0.05) is 0 Å². The number of hydrogen-bond donors (Lipinski definition) is 2. The summed E-state index contributed by atoms with van der Waals surface area (Å²) in [4.78, 5) is 1.70. The molecule has 0 unspecified atom stereocenters. The van der Waals surface area contributed by atoms with Gasteiger partial charge in [-0.3, -0.25) is 0 Å². The molecule has 1 heterocycles. The zero-order chi connectivity index (χ0) is 9.42. The van der Waals surface area contributed by atoms with E-state index in [0.717, 1.165) is 19.9 Å². The fourth-order valence-corrected chi connectivity index (χ4v) is 3.26. The van der Waals surface area contributed by atoms with Crippen LogP contribution in [0, 0.1) is 0 Å². The van der Waals surface area contributed by atoms with Crippen LogP contribution in [0.15, 0.2) is 27.3 Å². The molecule has 0 bridgehead atoms. The molecule has 0 saturated carbocycles. The van der Waals surface area contributed by atoms with Crippen molar-refractivity contribution in [3.8, 4) is 5.75 Å². The Morgan fingerprint density at radius 3 is 3.00 bits per heavy atom. The van der Waals surface area contributed by atoms with Crippen molar-refractivity contribution in [3.05, 3.63) is 17.5 Å². The van der Waals surface area contributed by atoms with Crippen molar-refractivity contribution in [2.24, 2.45) is 0 Å². The van der Waals surface area contributed by atoms with E-state index in [9.17, 15) is 5.11 Å². The van der Waals surface area contributed by atoms with Crippen molar-refractivity contribution in [1.29, 1.82) is 0 Å². The molecule has 68 valence electrons. The molecule has 2 rings (SSSR count). The van der Waals surface area contributed by atoms with Crippen molar-refractivity contribution >= 4 is 45.8 Å². The predicted molar refractivity (Wildman–Crippen MR) is 62.5 cm³/mol. The monoisotopic (exact) mass is 228 g/mol. The van der Waals surface area contributed by atoms with Gasteiger partial charge in [0.25, 0.3) is 0 Å². The van der Waals surface area contributed by atoms with Crippen molar-refractivity contribution in [1.82, 2.24) is 0 Å². The second kappa shape index (κ2) is 3.44. The van der Waals surface area contributed by atoms with Crippen molar-refractivity contribution in [2.75, 3.05) is 6.26 Å². The number of thiophene rings is 1. The Kier molecular flexibility index (Phi) is 2.45. The third-order valence-corrected chi connectivity index (χ3v) is 4.06. The number of aromatic hydroxyl groups is 1. The highest BCUT2D eigenvalue weighted by molar-refractivity contribution is 7.99. The Bertz CT molecular complexity index is 447. The molecular weight excluding hydrogens is 220 g/mol. The Labute approximate surface area is 90.2 Å². The van der Waals surface area contributed by atoms with Crippen LogP contribution in [0.5, 0.6) is 5.75 Å². The Hall–Kier alpha value is -0.320. The summed E-state index contributed by atoms with van der Waals surface area (Å²) in [5, 5.41) is 12.8. The molecule has 1 nitrogen and oxygen atoms in total. The molecule has 0 aliphatic heterocycles. The van der Waals surface area contributed by atoms with E-state index in [1.165, 1.54) is 11.8 Å². The molecule has 0 radical (unpaired) electrons. The molecule has 0 atom stereocenters. The highest BCUT2D eigenvalue weighted by Gasteiger charge is 2.10. The fraction of sp³-hybridized carbons (Fsp3) is 0.111. The van der Waals surface area contributed by atoms with Crippen LogP contribution in [0.2, 0.25) is 0 Å². The maximum atomic E-state index is 9.86. The van der Waals surface area contributed by atoms with Gasteiger partial charge in [-0.15, -0.1) is 35.7 Å². The number of benzene rings is 1. The Morgan fingerprint density at radius 2 is 2.31 bits per heavy atom. The molecule has 2 aromatic rings. The average Bonchev–Trinajstić information content (AvgIpc) is 2.53. The number of thioether (sulfide) groups is 1. The second-order valence-corrected chi connectivity index (χ2v) is 4.86. The molecule has 0 amide bonds. The van der Waals surface area contributed by atoms with Gasteiger partial charge in [-0.05, 0) is 23.8 Å². The van der Waals surface area contributed by atoms with E-state index < -0.39 is 0 Å². The van der Waals surface area contributed by atoms with E-state index in [1.54, 1.807) is 11.3 Å². The van der Waals surface area contributed by atoms with Crippen LogP contribution < -0.4 is 0 Å². The molecule has 1 aromatic carbocycles. The average molecular weight is 228 g/mol. The molecule has 0 spiro atoms. The minimum Gasteiger partial charge on any atom is -0.506 e. The molecule has 1 N–H and O–H groups in total. The molecule has 0 fully saturated rings.